The van der Waals surface area contributed by atoms with Crippen LogP contribution in [0.2, 0.25) is 0 Å². The van der Waals surface area contributed by atoms with E-state index in [9.17, 15) is 9.18 Å². The molecule has 1 rings (SSSR count). The van der Waals surface area contributed by atoms with E-state index >= 15 is 0 Å². The summed E-state index contributed by atoms with van der Waals surface area (Å²) in [5.41, 5.74) is -0.365. The van der Waals surface area contributed by atoms with Gasteiger partial charge in [-0.2, -0.15) is 0 Å². The standard InChI is InChI=1S/C12H16FNO2/c1-8(11(15)16)6-9-4-5-14-10(7-9)12(2,3)13/h4-5,7-8H,6H2,1-3H3,(H,15,16). The quantitative estimate of drug-likeness (QED) is 0.856. The Kier molecular flexibility index (Phi) is 3.62. The molecule has 0 aliphatic rings. The van der Waals surface area contributed by atoms with Crippen LogP contribution in [-0.4, -0.2) is 16.1 Å². The van der Waals surface area contributed by atoms with Crippen molar-refractivity contribution in [3.8, 4) is 0 Å². The first-order chi connectivity index (χ1) is 7.30. The molecule has 1 aromatic rings. The summed E-state index contributed by atoms with van der Waals surface area (Å²) in [5, 5.41) is 8.78. The molecule has 4 heteroatoms. The molecule has 0 bridgehead atoms. The van der Waals surface area contributed by atoms with Crippen molar-refractivity contribution in [2.75, 3.05) is 0 Å². The maximum atomic E-state index is 13.6. The van der Waals surface area contributed by atoms with Gasteiger partial charge in [0.2, 0.25) is 0 Å². The molecule has 16 heavy (non-hydrogen) atoms. The number of carbonyl (C=O) groups is 1. The van der Waals surface area contributed by atoms with Gasteiger partial charge in [-0.1, -0.05) is 6.92 Å². The Bertz CT molecular complexity index is 385. The fourth-order valence-electron chi connectivity index (χ4n) is 1.37. The number of halogens is 1. The zero-order chi connectivity index (χ0) is 12.3. The van der Waals surface area contributed by atoms with Gasteiger partial charge >= 0.3 is 5.97 Å². The molecule has 0 spiro atoms. The van der Waals surface area contributed by atoms with Crippen molar-refractivity contribution in [1.82, 2.24) is 4.98 Å². The molecule has 0 saturated carbocycles. The van der Waals surface area contributed by atoms with E-state index < -0.39 is 17.6 Å². The highest BCUT2D eigenvalue weighted by Crippen LogP contribution is 2.23. The van der Waals surface area contributed by atoms with Crippen LogP contribution in [0.4, 0.5) is 4.39 Å². The lowest BCUT2D eigenvalue weighted by Gasteiger charge is -2.14. The lowest BCUT2D eigenvalue weighted by atomic mass is 9.98. The van der Waals surface area contributed by atoms with E-state index in [4.69, 9.17) is 5.11 Å². The normalized spacial score (nSPS) is 13.5. The van der Waals surface area contributed by atoms with E-state index in [2.05, 4.69) is 4.98 Å². The Morgan fingerprint density at radius 1 is 1.62 bits per heavy atom. The predicted molar refractivity (Wildman–Crippen MR) is 58.9 cm³/mol. The van der Waals surface area contributed by atoms with Crippen molar-refractivity contribution in [1.29, 1.82) is 0 Å². The van der Waals surface area contributed by atoms with Gasteiger partial charge in [0, 0.05) is 6.20 Å². The average Bonchev–Trinajstić information content (AvgIpc) is 2.16. The summed E-state index contributed by atoms with van der Waals surface area (Å²) in [4.78, 5) is 14.6. The summed E-state index contributed by atoms with van der Waals surface area (Å²) in [7, 11) is 0. The third-order valence-corrected chi connectivity index (χ3v) is 2.40. The summed E-state index contributed by atoms with van der Waals surface area (Å²) in [6.07, 6.45) is 1.90. The Hall–Kier alpha value is -1.45. The van der Waals surface area contributed by atoms with Crippen LogP contribution in [-0.2, 0) is 16.9 Å². The predicted octanol–water partition coefficient (Wildman–Crippen LogP) is 2.55. The minimum atomic E-state index is -1.50. The molecule has 0 radical (unpaired) electrons. The number of rotatable bonds is 4. The van der Waals surface area contributed by atoms with Gasteiger partial charge < -0.3 is 5.11 Å². The monoisotopic (exact) mass is 225 g/mol. The van der Waals surface area contributed by atoms with Gasteiger partial charge in [0.1, 0.15) is 5.67 Å². The van der Waals surface area contributed by atoms with Crippen molar-refractivity contribution in [2.45, 2.75) is 32.9 Å². The van der Waals surface area contributed by atoms with E-state index in [-0.39, 0.29) is 0 Å². The molecular formula is C12H16FNO2. The first-order valence-electron chi connectivity index (χ1n) is 5.18. The van der Waals surface area contributed by atoms with Crippen LogP contribution in [0.15, 0.2) is 18.3 Å². The second-order valence-corrected chi connectivity index (χ2v) is 4.47. The molecule has 0 aliphatic heterocycles. The third kappa shape index (κ3) is 3.29. The number of carboxylic acid groups (broad SMARTS) is 1. The van der Waals surface area contributed by atoms with Crippen molar-refractivity contribution in [2.24, 2.45) is 5.92 Å². The highest BCUT2D eigenvalue weighted by molar-refractivity contribution is 5.69. The van der Waals surface area contributed by atoms with Gasteiger partial charge in [-0.3, -0.25) is 9.78 Å². The zero-order valence-electron chi connectivity index (χ0n) is 9.70. The maximum absolute atomic E-state index is 13.6. The molecule has 0 aromatic carbocycles. The Morgan fingerprint density at radius 3 is 2.75 bits per heavy atom. The summed E-state index contributed by atoms with van der Waals surface area (Å²) in [6.45, 7) is 4.49. The molecule has 0 fully saturated rings. The summed E-state index contributed by atoms with van der Waals surface area (Å²) in [5.74, 6) is -1.32. The zero-order valence-corrected chi connectivity index (χ0v) is 9.70. The van der Waals surface area contributed by atoms with Crippen LogP contribution in [0.1, 0.15) is 32.0 Å². The first-order valence-corrected chi connectivity index (χ1v) is 5.18. The molecule has 1 N–H and O–H groups in total. The Morgan fingerprint density at radius 2 is 2.25 bits per heavy atom. The van der Waals surface area contributed by atoms with Crippen LogP contribution in [0.3, 0.4) is 0 Å². The largest absolute Gasteiger partial charge is 0.481 e. The molecule has 1 aromatic heterocycles. The SMILES string of the molecule is CC(Cc1ccnc(C(C)(C)F)c1)C(=O)O. The Balaban J connectivity index is 2.87. The number of hydrogen-bond donors (Lipinski definition) is 1. The van der Waals surface area contributed by atoms with Crippen LogP contribution < -0.4 is 0 Å². The van der Waals surface area contributed by atoms with Gasteiger partial charge in [-0.15, -0.1) is 0 Å². The molecule has 3 nitrogen and oxygen atoms in total. The molecule has 0 aliphatic carbocycles. The number of hydrogen-bond acceptors (Lipinski definition) is 2. The van der Waals surface area contributed by atoms with Gasteiger partial charge in [-0.25, -0.2) is 4.39 Å². The van der Waals surface area contributed by atoms with Gasteiger partial charge in [-0.05, 0) is 38.0 Å². The second-order valence-electron chi connectivity index (χ2n) is 4.47. The first kappa shape index (κ1) is 12.6. The highest BCUT2D eigenvalue weighted by atomic mass is 19.1. The number of aromatic nitrogens is 1. The van der Waals surface area contributed by atoms with Crippen molar-refractivity contribution in [3.05, 3.63) is 29.6 Å². The van der Waals surface area contributed by atoms with Gasteiger partial charge in [0.05, 0.1) is 11.6 Å². The van der Waals surface area contributed by atoms with Crippen molar-refractivity contribution >= 4 is 5.97 Å². The van der Waals surface area contributed by atoms with E-state index in [1.54, 1.807) is 19.1 Å². The highest BCUT2D eigenvalue weighted by Gasteiger charge is 2.21. The van der Waals surface area contributed by atoms with Crippen LogP contribution in [0, 0.1) is 5.92 Å². The third-order valence-electron chi connectivity index (χ3n) is 2.40. The number of pyridine rings is 1. The molecular weight excluding hydrogens is 209 g/mol. The molecule has 0 saturated heterocycles. The molecule has 1 unspecified atom stereocenters. The minimum Gasteiger partial charge on any atom is -0.481 e. The second kappa shape index (κ2) is 4.60. The van der Waals surface area contributed by atoms with E-state index in [0.717, 1.165) is 5.56 Å². The topological polar surface area (TPSA) is 50.2 Å². The number of carboxylic acids is 1. The lowest BCUT2D eigenvalue weighted by Crippen LogP contribution is -2.15. The van der Waals surface area contributed by atoms with E-state index in [1.165, 1.54) is 20.0 Å². The Labute approximate surface area is 94.3 Å². The van der Waals surface area contributed by atoms with Crippen molar-refractivity contribution in [3.63, 3.8) is 0 Å². The smallest absolute Gasteiger partial charge is 0.306 e. The molecule has 1 heterocycles. The summed E-state index contributed by atoms with van der Waals surface area (Å²) >= 11 is 0. The van der Waals surface area contributed by atoms with E-state index in [1.807, 2.05) is 0 Å². The minimum absolute atomic E-state index is 0.336. The van der Waals surface area contributed by atoms with Crippen LogP contribution in [0.5, 0.6) is 0 Å². The average molecular weight is 225 g/mol. The van der Waals surface area contributed by atoms with Crippen LogP contribution in [0.25, 0.3) is 0 Å². The molecule has 1 atom stereocenters. The lowest BCUT2D eigenvalue weighted by molar-refractivity contribution is -0.141. The van der Waals surface area contributed by atoms with E-state index in [0.29, 0.717) is 12.1 Å². The summed E-state index contributed by atoms with van der Waals surface area (Å²) in [6, 6.07) is 3.34. The van der Waals surface area contributed by atoms with Gasteiger partial charge in [0.25, 0.3) is 0 Å². The fraction of sp³-hybridized carbons (Fsp3) is 0.500. The number of aliphatic carboxylic acids is 1. The molecule has 88 valence electrons. The molecule has 0 amide bonds. The fourth-order valence-corrected chi connectivity index (χ4v) is 1.37. The van der Waals surface area contributed by atoms with Crippen molar-refractivity contribution < 1.29 is 14.3 Å². The number of nitrogens with zero attached hydrogens (tertiary/aromatic N) is 1. The maximum Gasteiger partial charge on any atom is 0.306 e. The summed E-state index contributed by atoms with van der Waals surface area (Å²) < 4.78 is 13.6. The van der Waals surface area contributed by atoms with Gasteiger partial charge in [0.15, 0.2) is 0 Å². The van der Waals surface area contributed by atoms with Crippen LogP contribution >= 0.6 is 0 Å². The number of alkyl halides is 1.